The van der Waals surface area contributed by atoms with Crippen LogP contribution in [-0.4, -0.2) is 24.1 Å². The summed E-state index contributed by atoms with van der Waals surface area (Å²) in [5.74, 6) is -1.56. The van der Waals surface area contributed by atoms with Crippen LogP contribution in [0.3, 0.4) is 0 Å². The van der Waals surface area contributed by atoms with Gasteiger partial charge in [0.05, 0.1) is 19.4 Å². The highest BCUT2D eigenvalue weighted by Gasteiger charge is 2.37. The van der Waals surface area contributed by atoms with Crippen LogP contribution in [0.25, 0.3) is 0 Å². The fourth-order valence-electron chi connectivity index (χ4n) is 2.69. The van der Waals surface area contributed by atoms with Gasteiger partial charge in [-0.1, -0.05) is 0 Å². The predicted molar refractivity (Wildman–Crippen MR) is 83.9 cm³/mol. The molecule has 0 aliphatic heterocycles. The number of rotatable bonds is 5. The van der Waals surface area contributed by atoms with Gasteiger partial charge in [-0.25, -0.2) is 13.6 Å². The summed E-state index contributed by atoms with van der Waals surface area (Å²) < 4.78 is 37.5. The molecule has 7 heteroatoms. The van der Waals surface area contributed by atoms with Crippen LogP contribution in [0.5, 0.6) is 5.75 Å². The van der Waals surface area contributed by atoms with Gasteiger partial charge in [0, 0.05) is 23.9 Å². The molecule has 0 radical (unpaired) electrons. The number of halogens is 2. The van der Waals surface area contributed by atoms with Crippen LogP contribution in [0.15, 0.2) is 34.9 Å². The molecule has 1 N–H and O–H groups in total. The van der Waals surface area contributed by atoms with Crippen LogP contribution in [0, 0.1) is 11.6 Å². The molecule has 1 atom stereocenters. The number of urea groups is 1. The molecule has 1 aromatic carbocycles. The number of nitrogens with one attached hydrogen (secondary N) is 1. The molecule has 0 spiro atoms. The van der Waals surface area contributed by atoms with Gasteiger partial charge in [0.2, 0.25) is 0 Å². The van der Waals surface area contributed by atoms with Crippen molar-refractivity contribution in [2.45, 2.75) is 31.8 Å². The lowest BCUT2D eigenvalue weighted by atomic mass is 10.2. The van der Waals surface area contributed by atoms with E-state index < -0.39 is 23.4 Å². The third-order valence-electron chi connectivity index (χ3n) is 4.00. The zero-order valence-electron chi connectivity index (χ0n) is 13.4. The number of nitrogens with zero attached hydrogens (tertiary/aromatic N) is 1. The van der Waals surface area contributed by atoms with Gasteiger partial charge < -0.3 is 19.4 Å². The molecule has 1 saturated carbocycles. The van der Waals surface area contributed by atoms with E-state index in [0.29, 0.717) is 5.76 Å². The molecule has 24 heavy (non-hydrogen) atoms. The van der Waals surface area contributed by atoms with E-state index in [9.17, 15) is 13.6 Å². The summed E-state index contributed by atoms with van der Waals surface area (Å²) in [5, 5.41) is 2.55. The Morgan fingerprint density at radius 2 is 2.04 bits per heavy atom. The smallest absolute Gasteiger partial charge is 0.322 e. The van der Waals surface area contributed by atoms with Crippen molar-refractivity contribution >= 4 is 11.7 Å². The average Bonchev–Trinajstić information content (AvgIpc) is 3.19. The van der Waals surface area contributed by atoms with Gasteiger partial charge in [-0.15, -0.1) is 0 Å². The molecule has 0 saturated heterocycles. The van der Waals surface area contributed by atoms with E-state index in [1.807, 2.05) is 6.92 Å². The normalized spacial score (nSPS) is 15.0. The molecule has 3 rings (SSSR count). The first-order valence-electron chi connectivity index (χ1n) is 7.67. The van der Waals surface area contributed by atoms with Crippen molar-refractivity contribution in [3.63, 3.8) is 0 Å². The molecular formula is C17H18F2N2O3. The lowest BCUT2D eigenvalue weighted by Crippen LogP contribution is -2.38. The molecule has 1 fully saturated rings. The van der Waals surface area contributed by atoms with Crippen LogP contribution in [0.1, 0.15) is 31.6 Å². The summed E-state index contributed by atoms with van der Waals surface area (Å²) in [4.78, 5) is 14.2. The lowest BCUT2D eigenvalue weighted by Gasteiger charge is -2.28. The first-order valence-corrected chi connectivity index (χ1v) is 7.67. The zero-order chi connectivity index (χ0) is 17.3. The average molecular weight is 336 g/mol. The van der Waals surface area contributed by atoms with E-state index in [4.69, 9.17) is 4.42 Å². The van der Waals surface area contributed by atoms with Gasteiger partial charge in [-0.3, -0.25) is 0 Å². The van der Waals surface area contributed by atoms with E-state index in [1.165, 1.54) is 7.11 Å². The molecule has 128 valence electrons. The van der Waals surface area contributed by atoms with Crippen molar-refractivity contribution in [3.8, 4) is 5.75 Å². The summed E-state index contributed by atoms with van der Waals surface area (Å²) in [7, 11) is 1.18. The topological polar surface area (TPSA) is 54.7 Å². The van der Waals surface area contributed by atoms with E-state index in [0.717, 1.165) is 25.0 Å². The molecule has 1 aliphatic rings. The van der Waals surface area contributed by atoms with E-state index in [2.05, 4.69) is 10.1 Å². The second-order valence-corrected chi connectivity index (χ2v) is 5.73. The third kappa shape index (κ3) is 3.20. The largest absolute Gasteiger partial charge is 0.491 e. The van der Waals surface area contributed by atoms with E-state index in [-0.39, 0.29) is 17.8 Å². The highest BCUT2D eigenvalue weighted by molar-refractivity contribution is 5.90. The van der Waals surface area contributed by atoms with Gasteiger partial charge in [-0.05, 0) is 31.9 Å². The summed E-state index contributed by atoms with van der Waals surface area (Å²) >= 11 is 0. The quantitative estimate of drug-likeness (QED) is 0.884. The monoisotopic (exact) mass is 336 g/mol. The molecule has 5 nitrogen and oxygen atoms in total. The number of hydrogen-bond acceptors (Lipinski definition) is 3. The van der Waals surface area contributed by atoms with Crippen LogP contribution in [-0.2, 0) is 0 Å². The molecular weight excluding hydrogens is 318 g/mol. The minimum atomic E-state index is -0.871. The second-order valence-electron chi connectivity index (χ2n) is 5.73. The van der Waals surface area contributed by atoms with E-state index in [1.54, 1.807) is 23.3 Å². The molecule has 1 aromatic heterocycles. The van der Waals surface area contributed by atoms with Crippen molar-refractivity contribution in [3.05, 3.63) is 47.9 Å². The number of carbonyl (C=O) groups is 1. The number of amides is 2. The maximum atomic E-state index is 13.8. The van der Waals surface area contributed by atoms with Crippen molar-refractivity contribution in [2.24, 2.45) is 0 Å². The fourth-order valence-corrected chi connectivity index (χ4v) is 2.69. The first-order chi connectivity index (χ1) is 11.5. The third-order valence-corrected chi connectivity index (χ3v) is 4.00. The van der Waals surface area contributed by atoms with Gasteiger partial charge in [0.15, 0.2) is 17.4 Å². The van der Waals surface area contributed by atoms with Gasteiger partial charge in [0.1, 0.15) is 5.76 Å². The summed E-state index contributed by atoms with van der Waals surface area (Å²) in [6.07, 6.45) is 3.33. The zero-order valence-corrected chi connectivity index (χ0v) is 13.4. The fraction of sp³-hybridized carbons (Fsp3) is 0.353. The highest BCUT2D eigenvalue weighted by atomic mass is 19.1. The Labute approximate surface area is 138 Å². The predicted octanol–water partition coefficient (Wildman–Crippen LogP) is 4.32. The van der Waals surface area contributed by atoms with Crippen LogP contribution >= 0.6 is 0 Å². The maximum Gasteiger partial charge on any atom is 0.322 e. The van der Waals surface area contributed by atoms with Gasteiger partial charge >= 0.3 is 6.03 Å². The standard InChI is InChI=1S/C17H18F2N2O3/c1-10(15-4-3-7-24-15)21(12-5-6-12)17(22)20-11-8-13(18)16(23-2)14(19)9-11/h3-4,7-10,12H,5-6H2,1-2H3,(H,20,22). The Morgan fingerprint density at radius 1 is 1.38 bits per heavy atom. The minimum Gasteiger partial charge on any atom is -0.491 e. The molecule has 1 aliphatic carbocycles. The van der Waals surface area contributed by atoms with Crippen LogP contribution < -0.4 is 10.1 Å². The van der Waals surface area contributed by atoms with Crippen molar-refractivity contribution in [2.75, 3.05) is 12.4 Å². The number of furan rings is 1. The Kier molecular flexibility index (Phi) is 4.42. The van der Waals surface area contributed by atoms with Crippen molar-refractivity contribution < 1.29 is 22.7 Å². The Bertz CT molecular complexity index is 706. The minimum absolute atomic E-state index is 0.0353. The van der Waals surface area contributed by atoms with Crippen LogP contribution in [0.4, 0.5) is 19.3 Å². The van der Waals surface area contributed by atoms with Crippen molar-refractivity contribution in [1.82, 2.24) is 4.90 Å². The second kappa shape index (κ2) is 6.51. The summed E-state index contributed by atoms with van der Waals surface area (Å²) in [5.41, 5.74) is 0.0353. The lowest BCUT2D eigenvalue weighted by molar-refractivity contribution is 0.179. The molecule has 2 aromatic rings. The molecule has 2 amide bonds. The molecule has 1 heterocycles. The SMILES string of the molecule is COc1c(F)cc(NC(=O)N(C2CC2)C(C)c2ccco2)cc1F. The Morgan fingerprint density at radius 3 is 2.54 bits per heavy atom. The van der Waals surface area contributed by atoms with E-state index >= 15 is 0 Å². The van der Waals surface area contributed by atoms with Gasteiger partial charge in [-0.2, -0.15) is 0 Å². The first kappa shape index (κ1) is 16.3. The number of anilines is 1. The van der Waals surface area contributed by atoms with Crippen LogP contribution in [0.2, 0.25) is 0 Å². The summed E-state index contributed by atoms with van der Waals surface area (Å²) in [6.45, 7) is 1.85. The molecule has 0 bridgehead atoms. The summed E-state index contributed by atoms with van der Waals surface area (Å²) in [6, 6.07) is 5.00. The highest BCUT2D eigenvalue weighted by Crippen LogP contribution is 2.35. The number of methoxy groups -OCH3 is 1. The Balaban J connectivity index is 1.79. The number of carbonyl (C=O) groups excluding carboxylic acids is 1. The number of benzene rings is 1. The maximum absolute atomic E-state index is 13.8. The number of ether oxygens (including phenoxy) is 1. The number of hydrogen-bond donors (Lipinski definition) is 1. The van der Waals surface area contributed by atoms with Crippen molar-refractivity contribution in [1.29, 1.82) is 0 Å². The van der Waals surface area contributed by atoms with Gasteiger partial charge in [0.25, 0.3) is 0 Å². The molecule has 1 unspecified atom stereocenters. The Hall–Kier alpha value is -2.57.